The third-order valence-corrected chi connectivity index (χ3v) is 10.0. The predicted molar refractivity (Wildman–Crippen MR) is 163 cm³/mol. The van der Waals surface area contributed by atoms with E-state index >= 15 is 0 Å². The van der Waals surface area contributed by atoms with Crippen molar-refractivity contribution in [1.29, 1.82) is 0 Å². The van der Waals surface area contributed by atoms with Gasteiger partial charge in [-0.2, -0.15) is 0 Å². The highest BCUT2D eigenvalue weighted by Gasteiger charge is 2.43. The minimum Gasteiger partial charge on any atom is -0.491 e. The zero-order chi connectivity index (χ0) is 29.4. The zero-order valence-corrected chi connectivity index (χ0v) is 26.1. The van der Waals surface area contributed by atoms with Crippen LogP contribution >= 0.6 is 0 Å². The van der Waals surface area contributed by atoms with Crippen molar-refractivity contribution in [2.75, 3.05) is 51.5 Å². The molecule has 3 aliphatic rings. The van der Waals surface area contributed by atoms with E-state index in [1.807, 2.05) is 6.07 Å². The van der Waals surface area contributed by atoms with E-state index < -0.39 is 6.23 Å². The molecule has 0 radical (unpaired) electrons. The molecule has 1 aromatic carbocycles. The van der Waals surface area contributed by atoms with Crippen LogP contribution < -0.4 is 20.3 Å². The lowest BCUT2D eigenvalue weighted by molar-refractivity contribution is -0.133. The largest absolute Gasteiger partial charge is 0.491 e. The molecule has 4 rings (SSSR count). The summed E-state index contributed by atoms with van der Waals surface area (Å²) in [5, 5.41) is 18.2. The van der Waals surface area contributed by atoms with Crippen molar-refractivity contribution < 1.29 is 24.1 Å². The van der Waals surface area contributed by atoms with Crippen molar-refractivity contribution in [2.24, 2.45) is 23.7 Å². The summed E-state index contributed by atoms with van der Waals surface area (Å²) in [6.45, 7) is 12.4. The van der Waals surface area contributed by atoms with Crippen LogP contribution in [0.1, 0.15) is 89.5 Å². The fourth-order valence-corrected chi connectivity index (χ4v) is 7.78. The molecule has 1 saturated carbocycles. The molecule has 2 heterocycles. The van der Waals surface area contributed by atoms with Crippen molar-refractivity contribution in [3.8, 4) is 5.75 Å². The number of aliphatic hydroxyl groups is 1. The fourth-order valence-electron chi connectivity index (χ4n) is 7.78. The Kier molecular flexibility index (Phi) is 12.2. The number of carbonyl (C=O) groups is 1. The SMILES string of the molecule is CCN(c1cc(OCCOC)cc(C(O)NCC2C(=O)NC(C)C(C3CCCCCC3)C2C)c1C)C1CCOCC1. The Balaban J connectivity index is 1.53. The van der Waals surface area contributed by atoms with Crippen molar-refractivity contribution >= 4 is 11.6 Å². The molecule has 41 heavy (non-hydrogen) atoms. The maximum Gasteiger partial charge on any atom is 0.224 e. The molecule has 5 atom stereocenters. The van der Waals surface area contributed by atoms with Crippen LogP contribution in [0.3, 0.4) is 0 Å². The first-order valence-corrected chi connectivity index (χ1v) is 16.2. The topological polar surface area (TPSA) is 92.3 Å². The minimum absolute atomic E-state index is 0.0975. The maximum absolute atomic E-state index is 13.2. The van der Waals surface area contributed by atoms with Crippen LogP contribution in [-0.2, 0) is 14.3 Å². The lowest BCUT2D eigenvalue weighted by atomic mass is 9.67. The molecule has 2 aliphatic heterocycles. The Hall–Kier alpha value is -1.87. The Morgan fingerprint density at radius 2 is 1.80 bits per heavy atom. The highest BCUT2D eigenvalue weighted by molar-refractivity contribution is 5.80. The summed E-state index contributed by atoms with van der Waals surface area (Å²) < 4.78 is 16.9. The molecule has 5 unspecified atom stereocenters. The number of methoxy groups -OCH3 is 1. The number of nitrogens with zero attached hydrogens (tertiary/aromatic N) is 1. The number of benzene rings is 1. The Morgan fingerprint density at radius 3 is 2.46 bits per heavy atom. The Bertz CT molecular complexity index is 960. The predicted octanol–water partition coefficient (Wildman–Crippen LogP) is 4.96. The summed E-state index contributed by atoms with van der Waals surface area (Å²) in [5.74, 6) is 2.02. The second kappa shape index (κ2) is 15.6. The summed E-state index contributed by atoms with van der Waals surface area (Å²) in [6, 6.07) is 4.60. The van der Waals surface area contributed by atoms with Gasteiger partial charge in [0, 0.05) is 62.8 Å². The third kappa shape index (κ3) is 7.95. The van der Waals surface area contributed by atoms with Gasteiger partial charge in [-0.3, -0.25) is 10.1 Å². The Labute approximate surface area is 247 Å². The van der Waals surface area contributed by atoms with Gasteiger partial charge in [-0.25, -0.2) is 0 Å². The van der Waals surface area contributed by atoms with E-state index in [1.165, 1.54) is 38.5 Å². The molecule has 2 saturated heterocycles. The number of aliphatic hydroxyl groups excluding tert-OH is 1. The number of hydrogen-bond donors (Lipinski definition) is 3. The highest BCUT2D eigenvalue weighted by atomic mass is 16.5. The van der Waals surface area contributed by atoms with Crippen LogP contribution in [0.25, 0.3) is 0 Å². The van der Waals surface area contributed by atoms with Gasteiger partial charge in [-0.05, 0) is 63.0 Å². The van der Waals surface area contributed by atoms with Gasteiger partial charge in [-0.1, -0.05) is 45.4 Å². The molecule has 3 N–H and O–H groups in total. The first-order chi connectivity index (χ1) is 19.8. The number of hydrogen-bond acceptors (Lipinski definition) is 7. The van der Waals surface area contributed by atoms with Gasteiger partial charge in [0.05, 0.1) is 12.5 Å². The minimum atomic E-state index is -0.913. The number of rotatable bonds is 12. The first kappa shape index (κ1) is 32.1. The number of anilines is 1. The number of amides is 1. The number of piperidine rings is 1. The first-order valence-electron chi connectivity index (χ1n) is 16.2. The standard InChI is InChI=1S/C33H55N3O5/c1-6-36(26-13-15-40-16-14-26)30-20-27(41-18-17-39-5)19-28(22(30)2)32(37)34-21-29-23(3)31(24(4)35-33(29)38)25-11-9-7-8-10-12-25/h19-20,23-26,29,31-32,34,37H,6-18,21H2,1-5H3,(H,35,38). The summed E-state index contributed by atoms with van der Waals surface area (Å²) in [5.41, 5.74) is 2.90. The summed E-state index contributed by atoms with van der Waals surface area (Å²) in [4.78, 5) is 15.6. The number of ether oxygens (including phenoxy) is 3. The van der Waals surface area contributed by atoms with Crippen molar-refractivity contribution in [2.45, 2.75) is 97.4 Å². The van der Waals surface area contributed by atoms with Crippen molar-refractivity contribution in [3.63, 3.8) is 0 Å². The van der Waals surface area contributed by atoms with Crippen LogP contribution in [0.5, 0.6) is 5.75 Å². The second-order valence-corrected chi connectivity index (χ2v) is 12.5. The van der Waals surface area contributed by atoms with Gasteiger partial charge >= 0.3 is 0 Å². The van der Waals surface area contributed by atoms with E-state index in [0.717, 1.165) is 55.2 Å². The van der Waals surface area contributed by atoms with E-state index in [0.29, 0.717) is 37.6 Å². The van der Waals surface area contributed by atoms with Gasteiger partial charge in [0.2, 0.25) is 5.91 Å². The van der Waals surface area contributed by atoms with E-state index in [2.05, 4.69) is 49.3 Å². The van der Waals surface area contributed by atoms with Gasteiger partial charge < -0.3 is 29.5 Å². The van der Waals surface area contributed by atoms with Crippen LogP contribution in [0.4, 0.5) is 5.69 Å². The van der Waals surface area contributed by atoms with E-state index in [1.54, 1.807) is 7.11 Å². The molecular weight excluding hydrogens is 518 g/mol. The molecular formula is C33H55N3O5. The fraction of sp³-hybridized carbons (Fsp3) is 0.788. The normalized spacial score (nSPS) is 27.2. The molecule has 8 heteroatoms. The summed E-state index contributed by atoms with van der Waals surface area (Å²) in [7, 11) is 1.66. The average Bonchev–Trinajstić information content (AvgIpc) is 3.24. The van der Waals surface area contributed by atoms with Gasteiger partial charge in [0.25, 0.3) is 0 Å². The van der Waals surface area contributed by atoms with Crippen LogP contribution in [0, 0.1) is 30.6 Å². The van der Waals surface area contributed by atoms with Gasteiger partial charge in [0.15, 0.2) is 0 Å². The zero-order valence-electron chi connectivity index (χ0n) is 26.1. The van der Waals surface area contributed by atoms with Gasteiger partial charge in [0.1, 0.15) is 18.6 Å². The van der Waals surface area contributed by atoms with E-state index in [4.69, 9.17) is 14.2 Å². The molecule has 1 amide bonds. The maximum atomic E-state index is 13.2. The lowest BCUT2D eigenvalue weighted by Crippen LogP contribution is -2.56. The second-order valence-electron chi connectivity index (χ2n) is 12.5. The molecule has 1 aromatic rings. The molecule has 3 fully saturated rings. The summed E-state index contributed by atoms with van der Waals surface area (Å²) in [6.07, 6.45) is 8.81. The van der Waals surface area contributed by atoms with E-state index in [9.17, 15) is 9.90 Å². The molecule has 8 nitrogen and oxygen atoms in total. The van der Waals surface area contributed by atoms with Crippen molar-refractivity contribution in [3.05, 3.63) is 23.3 Å². The monoisotopic (exact) mass is 573 g/mol. The lowest BCUT2D eigenvalue weighted by Gasteiger charge is -2.44. The van der Waals surface area contributed by atoms with E-state index in [-0.39, 0.29) is 23.8 Å². The molecule has 1 aliphatic carbocycles. The number of carbonyl (C=O) groups excluding carboxylic acids is 1. The quantitative estimate of drug-likeness (QED) is 0.185. The average molecular weight is 574 g/mol. The van der Waals surface area contributed by atoms with Crippen LogP contribution in [-0.4, -0.2) is 69.7 Å². The third-order valence-electron chi connectivity index (χ3n) is 10.0. The van der Waals surface area contributed by atoms with Gasteiger partial charge in [-0.15, -0.1) is 0 Å². The molecule has 0 bridgehead atoms. The molecule has 0 aromatic heterocycles. The van der Waals surface area contributed by atoms with Crippen molar-refractivity contribution in [1.82, 2.24) is 10.6 Å². The van der Waals surface area contributed by atoms with Crippen LogP contribution in [0.2, 0.25) is 0 Å². The molecule has 232 valence electrons. The summed E-state index contributed by atoms with van der Waals surface area (Å²) >= 11 is 0. The highest BCUT2D eigenvalue weighted by Crippen LogP contribution is 2.41. The number of nitrogens with one attached hydrogen (secondary N) is 2. The molecule has 0 spiro atoms. The Morgan fingerprint density at radius 1 is 1.10 bits per heavy atom. The smallest absolute Gasteiger partial charge is 0.224 e. The van der Waals surface area contributed by atoms with Crippen LogP contribution in [0.15, 0.2) is 12.1 Å².